The van der Waals surface area contributed by atoms with Crippen molar-refractivity contribution in [3.63, 3.8) is 0 Å². The maximum atomic E-state index is 13.8. The molecule has 8 heteroatoms. The van der Waals surface area contributed by atoms with Gasteiger partial charge in [0.15, 0.2) is 6.10 Å². The highest BCUT2D eigenvalue weighted by molar-refractivity contribution is 5.96. The van der Waals surface area contributed by atoms with Crippen LogP contribution in [0.25, 0.3) is 0 Å². The van der Waals surface area contributed by atoms with E-state index in [1.807, 2.05) is 0 Å². The lowest BCUT2D eigenvalue weighted by atomic mass is 9.49. The lowest BCUT2D eigenvalue weighted by molar-refractivity contribution is -0.168. The van der Waals surface area contributed by atoms with Gasteiger partial charge < -0.3 is 20.1 Å². The van der Waals surface area contributed by atoms with Gasteiger partial charge in [-0.05, 0) is 87.8 Å². The van der Waals surface area contributed by atoms with Crippen LogP contribution in [0, 0.1) is 35.9 Å². The first-order valence-corrected chi connectivity index (χ1v) is 12.4. The molecule has 5 aliphatic rings. The highest BCUT2D eigenvalue weighted by Crippen LogP contribution is 2.60. The summed E-state index contributed by atoms with van der Waals surface area (Å²) < 4.78 is 19.2. The summed E-state index contributed by atoms with van der Waals surface area (Å²) in [6.07, 6.45) is 4.41. The van der Waals surface area contributed by atoms with E-state index < -0.39 is 41.4 Å². The molecule has 3 atom stereocenters. The number of nitrogens with one attached hydrogen (secondary N) is 1. The van der Waals surface area contributed by atoms with E-state index in [4.69, 9.17) is 4.74 Å². The number of likely N-dealkylation sites (tertiary alicyclic amines) is 1. The van der Waals surface area contributed by atoms with E-state index in [1.54, 1.807) is 19.1 Å². The minimum atomic E-state index is -1.13. The SMILES string of the molecule is Cc1ccc(NC(=O)[C@H](C)OC(=O)[C@@H]2C[C@@H](O)CN2C(=O)C23CC4CC(CC(C4)C2)C3)cc1F. The number of hydrogen-bond acceptors (Lipinski definition) is 5. The average Bonchev–Trinajstić information content (AvgIpc) is 3.16. The number of anilines is 1. The summed E-state index contributed by atoms with van der Waals surface area (Å²) >= 11 is 0. The first kappa shape index (κ1) is 23.3. The van der Waals surface area contributed by atoms with Gasteiger partial charge in [-0.2, -0.15) is 0 Å². The van der Waals surface area contributed by atoms with Crippen LogP contribution in [0.15, 0.2) is 18.2 Å². The molecule has 0 aromatic heterocycles. The number of hydrogen-bond donors (Lipinski definition) is 2. The van der Waals surface area contributed by atoms with Crippen molar-refractivity contribution >= 4 is 23.5 Å². The van der Waals surface area contributed by atoms with Gasteiger partial charge in [0.05, 0.1) is 11.5 Å². The topological polar surface area (TPSA) is 95.9 Å². The maximum absolute atomic E-state index is 13.8. The number of amides is 2. The van der Waals surface area contributed by atoms with Gasteiger partial charge in [-0.1, -0.05) is 6.07 Å². The number of nitrogens with zero attached hydrogens (tertiary/aromatic N) is 1. The van der Waals surface area contributed by atoms with Crippen LogP contribution in [0.5, 0.6) is 0 Å². The van der Waals surface area contributed by atoms with E-state index in [0.29, 0.717) is 23.3 Å². The van der Waals surface area contributed by atoms with Crippen LogP contribution in [0.3, 0.4) is 0 Å². The van der Waals surface area contributed by atoms with Gasteiger partial charge >= 0.3 is 5.97 Å². The molecule has 1 aliphatic heterocycles. The Morgan fingerprint density at radius 3 is 2.32 bits per heavy atom. The Kier molecular flexibility index (Phi) is 5.91. The number of rotatable bonds is 5. The fourth-order valence-corrected chi connectivity index (χ4v) is 7.16. The largest absolute Gasteiger partial charge is 0.451 e. The predicted molar refractivity (Wildman–Crippen MR) is 122 cm³/mol. The number of aryl methyl sites for hydroxylation is 1. The number of carbonyl (C=O) groups is 3. The van der Waals surface area contributed by atoms with Crippen LogP contribution in [0.4, 0.5) is 10.1 Å². The molecule has 0 unspecified atom stereocenters. The summed E-state index contributed by atoms with van der Waals surface area (Å²) in [4.78, 5) is 40.8. The van der Waals surface area contributed by atoms with Gasteiger partial charge in [0, 0.05) is 18.7 Å². The molecule has 7 nitrogen and oxygen atoms in total. The van der Waals surface area contributed by atoms with E-state index in [-0.39, 0.29) is 24.6 Å². The molecular formula is C26H33FN2O5. The summed E-state index contributed by atoms with van der Waals surface area (Å²) in [6.45, 7) is 3.18. The molecule has 2 amide bonds. The van der Waals surface area contributed by atoms with Crippen molar-refractivity contribution in [2.24, 2.45) is 23.2 Å². The van der Waals surface area contributed by atoms with Crippen LogP contribution in [-0.2, 0) is 19.1 Å². The summed E-state index contributed by atoms with van der Waals surface area (Å²) in [5.74, 6) is 0.00963. The van der Waals surface area contributed by atoms with E-state index in [2.05, 4.69) is 5.32 Å². The van der Waals surface area contributed by atoms with Gasteiger partial charge in [-0.25, -0.2) is 9.18 Å². The second-order valence-corrected chi connectivity index (χ2v) is 11.1. The fraction of sp³-hybridized carbons (Fsp3) is 0.654. The fourth-order valence-electron chi connectivity index (χ4n) is 7.16. The van der Waals surface area contributed by atoms with Crippen molar-refractivity contribution in [3.8, 4) is 0 Å². The molecule has 6 rings (SSSR count). The van der Waals surface area contributed by atoms with Crippen molar-refractivity contribution in [1.29, 1.82) is 0 Å². The van der Waals surface area contributed by atoms with E-state index in [0.717, 1.165) is 19.3 Å². The zero-order valence-corrected chi connectivity index (χ0v) is 19.8. The number of aliphatic hydroxyl groups excluding tert-OH is 1. The lowest BCUT2D eigenvalue weighted by Crippen LogP contribution is -2.56. The van der Waals surface area contributed by atoms with Crippen LogP contribution < -0.4 is 5.32 Å². The molecule has 0 radical (unpaired) electrons. The molecule has 4 aliphatic carbocycles. The maximum Gasteiger partial charge on any atom is 0.329 e. The average molecular weight is 473 g/mol. The molecule has 5 fully saturated rings. The number of ether oxygens (including phenoxy) is 1. The Morgan fingerprint density at radius 1 is 1.12 bits per heavy atom. The molecule has 1 saturated heterocycles. The third kappa shape index (κ3) is 4.21. The summed E-state index contributed by atoms with van der Waals surface area (Å²) in [5.41, 5.74) is 0.308. The minimum absolute atomic E-state index is 0.0302. The molecule has 1 heterocycles. The van der Waals surface area contributed by atoms with Gasteiger partial charge in [-0.3, -0.25) is 9.59 Å². The van der Waals surface area contributed by atoms with Gasteiger partial charge in [0.25, 0.3) is 5.91 Å². The molecular weight excluding hydrogens is 439 g/mol. The van der Waals surface area contributed by atoms with Crippen molar-refractivity contribution in [2.75, 3.05) is 11.9 Å². The van der Waals surface area contributed by atoms with E-state index in [9.17, 15) is 23.9 Å². The zero-order valence-electron chi connectivity index (χ0n) is 19.8. The van der Waals surface area contributed by atoms with E-state index >= 15 is 0 Å². The Balaban J connectivity index is 1.25. The van der Waals surface area contributed by atoms with Crippen LogP contribution >= 0.6 is 0 Å². The molecule has 4 saturated carbocycles. The van der Waals surface area contributed by atoms with E-state index in [1.165, 1.54) is 37.2 Å². The second-order valence-electron chi connectivity index (χ2n) is 11.1. The minimum Gasteiger partial charge on any atom is -0.451 e. The Hall–Kier alpha value is -2.48. The predicted octanol–water partition coefficient (Wildman–Crippen LogP) is 3.18. The summed E-state index contributed by atoms with van der Waals surface area (Å²) in [5, 5.41) is 12.9. The highest BCUT2D eigenvalue weighted by atomic mass is 19.1. The number of esters is 1. The Morgan fingerprint density at radius 2 is 1.74 bits per heavy atom. The summed E-state index contributed by atoms with van der Waals surface area (Å²) in [7, 11) is 0. The second kappa shape index (κ2) is 8.63. The number of halogens is 1. The van der Waals surface area contributed by atoms with Crippen molar-refractivity contribution in [2.45, 2.75) is 77.0 Å². The number of aliphatic hydroxyl groups is 1. The quantitative estimate of drug-likeness (QED) is 0.642. The van der Waals surface area contributed by atoms with Crippen LogP contribution in [0.1, 0.15) is 57.4 Å². The first-order valence-electron chi connectivity index (χ1n) is 12.4. The van der Waals surface area contributed by atoms with Crippen LogP contribution in [0.2, 0.25) is 0 Å². The summed E-state index contributed by atoms with van der Waals surface area (Å²) in [6, 6.07) is 3.43. The molecule has 2 N–H and O–H groups in total. The molecule has 1 aromatic rings. The van der Waals surface area contributed by atoms with Crippen molar-refractivity contribution < 1.29 is 28.6 Å². The molecule has 34 heavy (non-hydrogen) atoms. The number of benzene rings is 1. The van der Waals surface area contributed by atoms with Crippen LogP contribution in [-0.4, -0.2) is 52.6 Å². The standard InChI is InChI=1S/C26H33FN2O5/c1-14-3-4-19(8-21(14)27)28-23(31)15(2)34-24(32)22-9-20(30)13-29(22)25(33)26-10-16-5-17(11-26)7-18(6-16)12-26/h3-4,8,15-18,20,22,30H,5-7,9-13H2,1-2H3,(H,28,31)/t15-,16?,17?,18?,20+,22-,26?/m0/s1. The first-order chi connectivity index (χ1) is 16.1. The normalized spacial score (nSPS) is 34.7. The Labute approximate surface area is 199 Å². The monoisotopic (exact) mass is 472 g/mol. The van der Waals surface area contributed by atoms with Gasteiger partial charge in [-0.15, -0.1) is 0 Å². The third-order valence-corrected chi connectivity index (χ3v) is 8.41. The molecule has 4 bridgehead atoms. The number of β-amino-alcohol motifs (C(OH)–C–C–N with tert-alkyl or cyclic N) is 1. The molecule has 1 aromatic carbocycles. The smallest absolute Gasteiger partial charge is 0.329 e. The molecule has 184 valence electrons. The van der Waals surface area contributed by atoms with Gasteiger partial charge in [0.1, 0.15) is 11.9 Å². The Bertz CT molecular complexity index is 976. The van der Waals surface area contributed by atoms with Crippen molar-refractivity contribution in [3.05, 3.63) is 29.6 Å². The third-order valence-electron chi connectivity index (χ3n) is 8.41. The zero-order chi connectivity index (χ0) is 24.2. The van der Waals surface area contributed by atoms with Gasteiger partial charge in [0.2, 0.25) is 5.91 Å². The number of carbonyl (C=O) groups excluding carboxylic acids is 3. The lowest BCUT2D eigenvalue weighted by Gasteiger charge is -2.56. The molecule has 0 spiro atoms. The van der Waals surface area contributed by atoms with Crippen molar-refractivity contribution in [1.82, 2.24) is 4.90 Å². The highest BCUT2D eigenvalue weighted by Gasteiger charge is 2.57.